The fourth-order valence-corrected chi connectivity index (χ4v) is 5.22. The van der Waals surface area contributed by atoms with Crippen molar-refractivity contribution >= 4 is 45.2 Å². The lowest BCUT2D eigenvalue weighted by Gasteiger charge is -2.33. The van der Waals surface area contributed by atoms with E-state index >= 15 is 0 Å². The predicted molar refractivity (Wildman–Crippen MR) is 102 cm³/mol. The summed E-state index contributed by atoms with van der Waals surface area (Å²) in [5, 5.41) is 4.39. The standard InChI is InChI=1S/C17H24N4OS2/c1-5-23-16-20-13(19-15(18)22)12-10-7-6-9(17(2,3)4)8-11(10)24-14(12)21-16/h9H,5-8H2,1-4H3,(H3,18,19,20,21,22)/t9-/m0/s1. The van der Waals surface area contributed by atoms with Crippen molar-refractivity contribution in [2.45, 2.75) is 52.1 Å². The molecular weight excluding hydrogens is 340 g/mol. The first-order valence-corrected chi connectivity index (χ1v) is 10.1. The van der Waals surface area contributed by atoms with Crippen molar-refractivity contribution in [2.75, 3.05) is 11.1 Å². The van der Waals surface area contributed by atoms with Crippen molar-refractivity contribution in [1.82, 2.24) is 9.97 Å². The van der Waals surface area contributed by atoms with Gasteiger partial charge in [0.25, 0.3) is 0 Å². The number of urea groups is 1. The molecule has 2 aromatic rings. The van der Waals surface area contributed by atoms with Crippen molar-refractivity contribution in [3.63, 3.8) is 0 Å². The first kappa shape index (κ1) is 17.5. The quantitative estimate of drug-likeness (QED) is 0.623. The van der Waals surface area contributed by atoms with E-state index in [1.165, 1.54) is 10.4 Å². The summed E-state index contributed by atoms with van der Waals surface area (Å²) in [6.45, 7) is 9.00. The second-order valence-corrected chi connectivity index (χ2v) is 9.58. The van der Waals surface area contributed by atoms with Crippen LogP contribution in [0.25, 0.3) is 10.2 Å². The Morgan fingerprint density at radius 1 is 1.42 bits per heavy atom. The minimum atomic E-state index is -0.578. The fourth-order valence-electron chi connectivity index (χ4n) is 3.30. The topological polar surface area (TPSA) is 80.9 Å². The van der Waals surface area contributed by atoms with Crippen LogP contribution >= 0.6 is 23.1 Å². The molecular formula is C17H24N4OS2. The molecule has 1 aliphatic carbocycles. The molecule has 0 fully saturated rings. The van der Waals surface area contributed by atoms with E-state index in [1.807, 2.05) is 0 Å². The van der Waals surface area contributed by atoms with Crippen molar-refractivity contribution in [1.29, 1.82) is 0 Å². The summed E-state index contributed by atoms with van der Waals surface area (Å²) in [5.41, 5.74) is 6.95. The van der Waals surface area contributed by atoms with Crippen molar-refractivity contribution < 1.29 is 4.79 Å². The normalized spacial score (nSPS) is 17.8. The van der Waals surface area contributed by atoms with Crippen LogP contribution in [-0.2, 0) is 12.8 Å². The van der Waals surface area contributed by atoms with Gasteiger partial charge in [0.05, 0.1) is 5.39 Å². The molecule has 0 spiro atoms. The Labute approximate surface area is 150 Å². The Kier molecular flexibility index (Phi) is 4.75. The molecule has 0 saturated heterocycles. The van der Waals surface area contributed by atoms with Crippen LogP contribution in [0.5, 0.6) is 0 Å². The highest BCUT2D eigenvalue weighted by Gasteiger charge is 2.32. The number of amides is 2. The van der Waals surface area contributed by atoms with E-state index < -0.39 is 6.03 Å². The van der Waals surface area contributed by atoms with E-state index in [2.05, 4.69) is 38.0 Å². The molecule has 1 atom stereocenters. The van der Waals surface area contributed by atoms with E-state index in [4.69, 9.17) is 10.7 Å². The molecule has 2 amide bonds. The second kappa shape index (κ2) is 6.52. The van der Waals surface area contributed by atoms with Gasteiger partial charge in [-0.15, -0.1) is 11.3 Å². The van der Waals surface area contributed by atoms with Gasteiger partial charge in [0.2, 0.25) is 0 Å². The zero-order chi connectivity index (χ0) is 17.5. The lowest BCUT2D eigenvalue weighted by molar-refractivity contribution is 0.218. The van der Waals surface area contributed by atoms with Gasteiger partial charge in [-0.3, -0.25) is 5.32 Å². The monoisotopic (exact) mass is 364 g/mol. The fraction of sp³-hybridized carbons (Fsp3) is 0.588. The molecule has 3 N–H and O–H groups in total. The maximum absolute atomic E-state index is 11.4. The number of nitrogens with two attached hydrogens (primary N) is 1. The number of hydrogen-bond donors (Lipinski definition) is 2. The van der Waals surface area contributed by atoms with Gasteiger partial charge in [0.1, 0.15) is 10.6 Å². The highest BCUT2D eigenvalue weighted by molar-refractivity contribution is 7.99. The lowest BCUT2D eigenvalue weighted by atomic mass is 9.72. The van der Waals surface area contributed by atoms with Gasteiger partial charge in [0.15, 0.2) is 5.16 Å². The summed E-state index contributed by atoms with van der Waals surface area (Å²) in [5.74, 6) is 2.12. The maximum atomic E-state index is 11.4. The first-order valence-electron chi connectivity index (χ1n) is 8.31. The summed E-state index contributed by atoms with van der Waals surface area (Å²) in [6.07, 6.45) is 3.24. The molecule has 0 unspecified atom stereocenters. The van der Waals surface area contributed by atoms with E-state index in [0.29, 0.717) is 22.3 Å². The largest absolute Gasteiger partial charge is 0.351 e. The first-order chi connectivity index (χ1) is 11.3. The molecule has 0 aliphatic heterocycles. The number of carbonyl (C=O) groups excluding carboxylic acids is 1. The summed E-state index contributed by atoms with van der Waals surface area (Å²) < 4.78 is 0. The molecule has 0 saturated carbocycles. The third kappa shape index (κ3) is 3.37. The van der Waals surface area contributed by atoms with Crippen molar-refractivity contribution in [3.8, 4) is 0 Å². The Balaban J connectivity index is 2.10. The molecule has 5 nitrogen and oxygen atoms in total. The zero-order valence-electron chi connectivity index (χ0n) is 14.6. The second-order valence-electron chi connectivity index (χ2n) is 7.27. The summed E-state index contributed by atoms with van der Waals surface area (Å²) in [6, 6.07) is -0.578. The van der Waals surface area contributed by atoms with Crippen LogP contribution in [0.4, 0.5) is 10.6 Å². The third-order valence-electron chi connectivity index (χ3n) is 4.63. The van der Waals surface area contributed by atoms with Crippen LogP contribution in [0.1, 0.15) is 44.6 Å². The highest BCUT2D eigenvalue weighted by Crippen LogP contribution is 2.44. The molecule has 1 aliphatic rings. The Bertz CT molecular complexity index is 779. The molecule has 0 aromatic carbocycles. The van der Waals surface area contributed by atoms with E-state index in [-0.39, 0.29) is 0 Å². The zero-order valence-corrected chi connectivity index (χ0v) is 16.2. The van der Waals surface area contributed by atoms with Crippen LogP contribution in [0, 0.1) is 11.3 Å². The number of primary amides is 1. The van der Waals surface area contributed by atoms with Crippen molar-refractivity contribution in [2.24, 2.45) is 17.1 Å². The molecule has 130 valence electrons. The van der Waals surface area contributed by atoms with Crippen molar-refractivity contribution in [3.05, 3.63) is 10.4 Å². The van der Waals surface area contributed by atoms with Gasteiger partial charge in [-0.05, 0) is 41.9 Å². The Hall–Kier alpha value is -1.34. The predicted octanol–water partition coefficient (Wildman–Crippen LogP) is 4.44. The molecule has 24 heavy (non-hydrogen) atoms. The van der Waals surface area contributed by atoms with E-state index in [9.17, 15) is 4.79 Å². The number of nitrogens with zero attached hydrogens (tertiary/aromatic N) is 2. The average molecular weight is 365 g/mol. The maximum Gasteiger partial charge on any atom is 0.317 e. The Morgan fingerprint density at radius 2 is 2.17 bits per heavy atom. The Morgan fingerprint density at radius 3 is 2.79 bits per heavy atom. The van der Waals surface area contributed by atoms with Crippen LogP contribution in [0.2, 0.25) is 0 Å². The molecule has 0 radical (unpaired) electrons. The number of hydrogen-bond acceptors (Lipinski definition) is 5. The minimum Gasteiger partial charge on any atom is -0.351 e. The van der Waals surface area contributed by atoms with Crippen LogP contribution in [0.3, 0.4) is 0 Å². The molecule has 3 rings (SSSR count). The van der Waals surface area contributed by atoms with Gasteiger partial charge in [-0.1, -0.05) is 39.5 Å². The molecule has 2 aromatic heterocycles. The SMILES string of the molecule is CCSc1nc(NC(N)=O)c2c3c(sc2n1)C[C@@H](C(C)(C)C)CC3. The van der Waals surface area contributed by atoms with Crippen LogP contribution < -0.4 is 11.1 Å². The van der Waals surface area contributed by atoms with Gasteiger partial charge in [0, 0.05) is 4.88 Å². The molecule has 7 heteroatoms. The van der Waals surface area contributed by atoms with E-state index in [1.54, 1.807) is 23.1 Å². The average Bonchev–Trinajstić information content (AvgIpc) is 2.83. The number of rotatable bonds is 3. The number of nitrogens with one attached hydrogen (secondary N) is 1. The van der Waals surface area contributed by atoms with Gasteiger partial charge >= 0.3 is 6.03 Å². The summed E-state index contributed by atoms with van der Waals surface area (Å²) in [7, 11) is 0. The van der Waals surface area contributed by atoms with Gasteiger partial charge in [-0.2, -0.15) is 0 Å². The summed E-state index contributed by atoms with van der Waals surface area (Å²) >= 11 is 3.32. The number of aromatic nitrogens is 2. The molecule has 2 heterocycles. The number of carbonyl (C=O) groups is 1. The number of anilines is 1. The number of aryl methyl sites for hydroxylation is 1. The third-order valence-corrected chi connectivity index (χ3v) is 6.51. The van der Waals surface area contributed by atoms with Gasteiger partial charge < -0.3 is 5.73 Å². The summed E-state index contributed by atoms with van der Waals surface area (Å²) in [4.78, 5) is 23.0. The highest BCUT2D eigenvalue weighted by atomic mass is 32.2. The van der Waals surface area contributed by atoms with Gasteiger partial charge in [-0.25, -0.2) is 14.8 Å². The van der Waals surface area contributed by atoms with E-state index in [0.717, 1.165) is 35.2 Å². The number of fused-ring (bicyclic) bond motifs is 3. The number of thioether (sulfide) groups is 1. The van der Waals surface area contributed by atoms with Crippen LogP contribution in [0.15, 0.2) is 5.16 Å². The smallest absolute Gasteiger partial charge is 0.317 e. The lowest BCUT2D eigenvalue weighted by Crippen LogP contribution is -2.26. The van der Waals surface area contributed by atoms with Crippen LogP contribution in [-0.4, -0.2) is 21.8 Å². The minimum absolute atomic E-state index is 0.303. The number of thiophene rings is 1. The molecule has 0 bridgehead atoms.